The Morgan fingerprint density at radius 3 is 2.83 bits per heavy atom. The van der Waals surface area contributed by atoms with E-state index in [1.807, 2.05) is 18.2 Å². The van der Waals surface area contributed by atoms with E-state index in [1.54, 1.807) is 19.2 Å². The number of methoxy groups -OCH3 is 1. The molecule has 4 nitrogen and oxygen atoms in total. The third kappa shape index (κ3) is 3.55. The minimum atomic E-state index is -0.252. The van der Waals surface area contributed by atoms with Gasteiger partial charge < -0.3 is 9.47 Å². The van der Waals surface area contributed by atoms with Crippen molar-refractivity contribution in [2.24, 2.45) is 0 Å². The number of hydrogen-bond acceptors (Lipinski definition) is 4. The highest BCUT2D eigenvalue weighted by molar-refractivity contribution is 5.89. The van der Waals surface area contributed by atoms with Gasteiger partial charge in [0.05, 0.1) is 11.7 Å². The van der Waals surface area contributed by atoms with Crippen molar-refractivity contribution in [1.82, 2.24) is 4.90 Å². The van der Waals surface area contributed by atoms with Gasteiger partial charge in [-0.2, -0.15) is 0 Å². The van der Waals surface area contributed by atoms with E-state index in [9.17, 15) is 4.79 Å². The lowest BCUT2D eigenvalue weighted by Crippen LogP contribution is -2.27. The molecule has 1 atom stereocenters. The van der Waals surface area contributed by atoms with Crippen LogP contribution >= 0.6 is 0 Å². The van der Waals surface area contributed by atoms with Crippen LogP contribution in [-0.4, -0.2) is 50.3 Å². The molecular formula is C14H19NO3. The maximum absolute atomic E-state index is 11.7. The minimum Gasteiger partial charge on any atom is -0.461 e. The third-order valence-corrected chi connectivity index (χ3v) is 3.21. The Morgan fingerprint density at radius 1 is 1.39 bits per heavy atom. The number of esters is 1. The van der Waals surface area contributed by atoms with E-state index < -0.39 is 0 Å². The molecule has 98 valence electrons. The summed E-state index contributed by atoms with van der Waals surface area (Å²) in [5, 5.41) is 0. The van der Waals surface area contributed by atoms with Gasteiger partial charge in [-0.3, -0.25) is 4.90 Å². The normalized spacial score (nSPS) is 19.9. The van der Waals surface area contributed by atoms with Crippen LogP contribution in [0.5, 0.6) is 0 Å². The lowest BCUT2D eigenvalue weighted by atomic mass is 10.2. The zero-order valence-corrected chi connectivity index (χ0v) is 10.7. The highest BCUT2D eigenvalue weighted by Gasteiger charge is 2.21. The Balaban J connectivity index is 1.68. The lowest BCUT2D eigenvalue weighted by molar-refractivity contribution is 0.0461. The first-order valence-electron chi connectivity index (χ1n) is 6.27. The highest BCUT2D eigenvalue weighted by atomic mass is 16.5. The van der Waals surface area contributed by atoms with Crippen LogP contribution in [0.25, 0.3) is 0 Å². The van der Waals surface area contributed by atoms with Gasteiger partial charge in [0.2, 0.25) is 0 Å². The first kappa shape index (κ1) is 13.1. The first-order valence-corrected chi connectivity index (χ1v) is 6.27. The van der Waals surface area contributed by atoms with E-state index in [0.717, 1.165) is 26.1 Å². The molecule has 0 saturated carbocycles. The summed E-state index contributed by atoms with van der Waals surface area (Å²) < 4.78 is 10.5. The second-order valence-corrected chi connectivity index (χ2v) is 4.45. The fraction of sp³-hybridized carbons (Fsp3) is 0.500. The minimum absolute atomic E-state index is 0.252. The van der Waals surface area contributed by atoms with E-state index >= 15 is 0 Å². The smallest absolute Gasteiger partial charge is 0.338 e. The number of nitrogens with zero attached hydrogens (tertiary/aromatic N) is 1. The Morgan fingerprint density at radius 2 is 2.17 bits per heavy atom. The first-order chi connectivity index (χ1) is 8.79. The number of benzene rings is 1. The molecule has 1 aliphatic rings. The zero-order chi connectivity index (χ0) is 12.8. The molecular weight excluding hydrogens is 230 g/mol. The van der Waals surface area contributed by atoms with Gasteiger partial charge >= 0.3 is 5.97 Å². The molecule has 1 saturated heterocycles. The molecule has 18 heavy (non-hydrogen) atoms. The van der Waals surface area contributed by atoms with Gasteiger partial charge in [-0.25, -0.2) is 4.79 Å². The lowest BCUT2D eigenvalue weighted by Gasteiger charge is -2.15. The van der Waals surface area contributed by atoms with E-state index in [-0.39, 0.29) is 5.97 Å². The van der Waals surface area contributed by atoms with Crippen molar-refractivity contribution >= 4 is 5.97 Å². The van der Waals surface area contributed by atoms with E-state index in [0.29, 0.717) is 18.3 Å². The molecule has 0 amide bonds. The van der Waals surface area contributed by atoms with E-state index in [2.05, 4.69) is 4.90 Å². The summed E-state index contributed by atoms with van der Waals surface area (Å²) in [6.07, 6.45) is 1.39. The van der Waals surface area contributed by atoms with Crippen molar-refractivity contribution in [2.45, 2.75) is 12.5 Å². The quantitative estimate of drug-likeness (QED) is 0.742. The monoisotopic (exact) mass is 249 g/mol. The number of hydrogen-bond donors (Lipinski definition) is 0. The van der Waals surface area contributed by atoms with Gasteiger partial charge in [-0.15, -0.1) is 0 Å². The largest absolute Gasteiger partial charge is 0.461 e. The van der Waals surface area contributed by atoms with Crippen LogP contribution in [0.1, 0.15) is 16.8 Å². The van der Waals surface area contributed by atoms with Gasteiger partial charge in [0, 0.05) is 26.7 Å². The van der Waals surface area contributed by atoms with Gasteiger partial charge in [-0.05, 0) is 18.6 Å². The topological polar surface area (TPSA) is 38.8 Å². The summed E-state index contributed by atoms with van der Waals surface area (Å²) in [4.78, 5) is 13.9. The van der Waals surface area contributed by atoms with Crippen LogP contribution in [0.4, 0.5) is 0 Å². The molecule has 0 aromatic heterocycles. The average Bonchev–Trinajstić information content (AvgIpc) is 2.87. The summed E-state index contributed by atoms with van der Waals surface area (Å²) in [5.74, 6) is -0.252. The number of likely N-dealkylation sites (tertiary alicyclic amines) is 1. The second kappa shape index (κ2) is 6.52. The van der Waals surface area contributed by atoms with Crippen molar-refractivity contribution in [3.63, 3.8) is 0 Å². The fourth-order valence-corrected chi connectivity index (χ4v) is 2.12. The van der Waals surface area contributed by atoms with Gasteiger partial charge in [0.1, 0.15) is 6.61 Å². The van der Waals surface area contributed by atoms with Crippen molar-refractivity contribution in [2.75, 3.05) is 33.4 Å². The summed E-state index contributed by atoms with van der Waals surface area (Å²) in [6, 6.07) is 9.07. The molecule has 1 aromatic carbocycles. The molecule has 4 heteroatoms. The zero-order valence-electron chi connectivity index (χ0n) is 10.7. The summed E-state index contributed by atoms with van der Waals surface area (Å²) in [6.45, 7) is 3.16. The molecule has 0 bridgehead atoms. The molecule has 2 rings (SSSR count). The predicted molar refractivity (Wildman–Crippen MR) is 68.6 cm³/mol. The maximum Gasteiger partial charge on any atom is 0.338 e. The van der Waals surface area contributed by atoms with Crippen LogP contribution in [0, 0.1) is 0 Å². The summed E-state index contributed by atoms with van der Waals surface area (Å²) >= 11 is 0. The van der Waals surface area contributed by atoms with Crippen LogP contribution < -0.4 is 0 Å². The summed E-state index contributed by atoms with van der Waals surface area (Å²) in [7, 11) is 1.74. The molecule has 0 radical (unpaired) electrons. The van der Waals surface area contributed by atoms with Crippen LogP contribution in [0.2, 0.25) is 0 Å². The Kier molecular flexibility index (Phi) is 4.73. The summed E-state index contributed by atoms with van der Waals surface area (Å²) in [5.41, 5.74) is 0.605. The molecule has 0 unspecified atom stereocenters. The third-order valence-electron chi connectivity index (χ3n) is 3.21. The van der Waals surface area contributed by atoms with Crippen LogP contribution in [-0.2, 0) is 9.47 Å². The van der Waals surface area contributed by atoms with Crippen molar-refractivity contribution in [1.29, 1.82) is 0 Å². The number of carbonyl (C=O) groups is 1. The predicted octanol–water partition coefficient (Wildman–Crippen LogP) is 1.56. The molecule has 0 N–H and O–H groups in total. The molecule has 1 heterocycles. The molecule has 0 aliphatic carbocycles. The second-order valence-electron chi connectivity index (χ2n) is 4.45. The van der Waals surface area contributed by atoms with Gasteiger partial charge in [-0.1, -0.05) is 18.2 Å². The number of ether oxygens (including phenoxy) is 2. The van der Waals surface area contributed by atoms with Crippen molar-refractivity contribution in [3.8, 4) is 0 Å². The average molecular weight is 249 g/mol. The number of carbonyl (C=O) groups excluding carboxylic acids is 1. The molecule has 1 fully saturated rings. The molecule has 0 spiro atoms. The number of rotatable bonds is 5. The van der Waals surface area contributed by atoms with Crippen LogP contribution in [0.15, 0.2) is 30.3 Å². The van der Waals surface area contributed by atoms with Crippen molar-refractivity contribution < 1.29 is 14.3 Å². The SMILES string of the molecule is CO[C@@H]1CCN(CCOC(=O)c2ccccc2)C1. The Bertz CT molecular complexity index is 380. The molecule has 1 aliphatic heterocycles. The standard InChI is InChI=1S/C14H19NO3/c1-17-13-7-8-15(11-13)9-10-18-14(16)12-5-3-2-4-6-12/h2-6,13H,7-11H2,1H3/t13-/m1/s1. The van der Waals surface area contributed by atoms with E-state index in [1.165, 1.54) is 0 Å². The Hall–Kier alpha value is -1.39. The molecule has 1 aromatic rings. The highest BCUT2D eigenvalue weighted by Crippen LogP contribution is 2.11. The van der Waals surface area contributed by atoms with E-state index in [4.69, 9.17) is 9.47 Å². The van der Waals surface area contributed by atoms with Gasteiger partial charge in [0.25, 0.3) is 0 Å². The van der Waals surface area contributed by atoms with Crippen LogP contribution in [0.3, 0.4) is 0 Å². The van der Waals surface area contributed by atoms with Crippen molar-refractivity contribution in [3.05, 3.63) is 35.9 Å². The maximum atomic E-state index is 11.7. The van der Waals surface area contributed by atoms with Gasteiger partial charge in [0.15, 0.2) is 0 Å². The Labute approximate surface area is 107 Å². The fourth-order valence-electron chi connectivity index (χ4n) is 2.12.